The highest BCUT2D eigenvalue weighted by atomic mass is 28.3. The Kier molecular flexibility index (Phi) is 11.8. The molecule has 0 N–H and O–H groups in total. The number of hydrogen-bond acceptors (Lipinski definition) is 1. The zero-order valence-electron chi connectivity index (χ0n) is 22.3. The normalized spacial score (nSPS) is 19.0. The Morgan fingerprint density at radius 2 is 1.43 bits per heavy atom. The van der Waals surface area contributed by atoms with Gasteiger partial charge in [0, 0.05) is 8.80 Å². The summed E-state index contributed by atoms with van der Waals surface area (Å²) in [6, 6.07) is 15.6. The third kappa shape index (κ3) is 8.73. The molecule has 1 unspecified atom stereocenters. The van der Waals surface area contributed by atoms with Crippen molar-refractivity contribution in [3.63, 3.8) is 0 Å². The average Bonchev–Trinajstić information content (AvgIpc) is 2.87. The molecule has 4 heteroatoms. The highest BCUT2D eigenvalue weighted by molar-refractivity contribution is 6.59. The highest BCUT2D eigenvalue weighted by Crippen LogP contribution is 2.36. The Balaban J connectivity index is 1.55. The topological polar surface area (TPSA) is 9.23 Å². The summed E-state index contributed by atoms with van der Waals surface area (Å²) >= 11 is 0. The molecule has 1 aliphatic heterocycles. The largest absolute Gasteiger partial charge is 0.485 e. The SMILES string of the molecule is CCCCCCCC(C)Oc1c(F)cc(-c2ccc(C3CC[SiH](CCCCC)CC3)cc2)cc1F. The van der Waals surface area contributed by atoms with E-state index in [1.807, 2.05) is 19.1 Å². The van der Waals surface area contributed by atoms with Crippen molar-refractivity contribution in [3.8, 4) is 16.9 Å². The maximum absolute atomic E-state index is 14.8. The molecule has 1 atom stereocenters. The number of rotatable bonds is 14. The van der Waals surface area contributed by atoms with Crippen LogP contribution in [0.5, 0.6) is 5.75 Å². The van der Waals surface area contributed by atoms with Gasteiger partial charge >= 0.3 is 0 Å². The molecule has 2 aromatic carbocycles. The van der Waals surface area contributed by atoms with E-state index >= 15 is 0 Å². The third-order valence-electron chi connectivity index (χ3n) is 7.81. The van der Waals surface area contributed by atoms with E-state index in [-0.39, 0.29) is 11.9 Å². The van der Waals surface area contributed by atoms with Crippen LogP contribution in [0.25, 0.3) is 11.1 Å². The van der Waals surface area contributed by atoms with Crippen LogP contribution in [0.1, 0.15) is 103 Å². The summed E-state index contributed by atoms with van der Waals surface area (Å²) in [7, 11) is -0.513. The number of unbranched alkanes of at least 4 members (excludes halogenated alkanes) is 6. The van der Waals surface area contributed by atoms with Crippen molar-refractivity contribution in [1.82, 2.24) is 0 Å². The van der Waals surface area contributed by atoms with Gasteiger partial charge in [-0.2, -0.15) is 0 Å². The van der Waals surface area contributed by atoms with Gasteiger partial charge in [0.15, 0.2) is 17.4 Å². The number of halogens is 2. The van der Waals surface area contributed by atoms with Crippen molar-refractivity contribution in [2.24, 2.45) is 0 Å². The summed E-state index contributed by atoms with van der Waals surface area (Å²) in [4.78, 5) is 0. The first-order chi connectivity index (χ1) is 17.0. The van der Waals surface area contributed by atoms with Crippen molar-refractivity contribution in [1.29, 1.82) is 0 Å². The predicted molar refractivity (Wildman–Crippen MR) is 148 cm³/mol. The first-order valence-electron chi connectivity index (χ1n) is 14.3. The summed E-state index contributed by atoms with van der Waals surface area (Å²) in [6.07, 6.45) is 13.2. The summed E-state index contributed by atoms with van der Waals surface area (Å²) in [5, 5.41) is 0. The lowest BCUT2D eigenvalue weighted by atomic mass is 9.92. The minimum absolute atomic E-state index is 0.199. The molecule has 0 aromatic heterocycles. The van der Waals surface area contributed by atoms with Crippen molar-refractivity contribution in [2.75, 3.05) is 0 Å². The van der Waals surface area contributed by atoms with Gasteiger partial charge in [-0.05, 0) is 67.3 Å². The molecule has 0 saturated carbocycles. The van der Waals surface area contributed by atoms with E-state index in [0.717, 1.165) is 24.8 Å². The predicted octanol–water partition coefficient (Wildman–Crippen LogP) is 10.1. The molecule has 1 aliphatic rings. The van der Waals surface area contributed by atoms with E-state index in [1.165, 1.54) is 87.2 Å². The quantitative estimate of drug-likeness (QED) is 0.185. The Labute approximate surface area is 214 Å². The van der Waals surface area contributed by atoms with Crippen LogP contribution in [-0.4, -0.2) is 14.9 Å². The lowest BCUT2D eigenvalue weighted by Crippen LogP contribution is -2.20. The smallest absolute Gasteiger partial charge is 0.191 e. The van der Waals surface area contributed by atoms with Gasteiger partial charge in [-0.25, -0.2) is 8.78 Å². The van der Waals surface area contributed by atoms with Crippen molar-refractivity contribution in [2.45, 2.75) is 122 Å². The maximum atomic E-state index is 14.8. The molecule has 1 saturated heterocycles. The standard InChI is InChI=1S/C31H46F2OSi/c1-4-6-8-9-10-12-24(3)34-31-29(32)22-28(23-30(31)33)26-15-13-25(14-16-26)27-17-20-35(21-18-27)19-11-7-5-2/h13-16,22-24,27,35H,4-12,17-21H2,1-3H3. The molecule has 0 radical (unpaired) electrons. The van der Waals surface area contributed by atoms with Gasteiger partial charge in [0.2, 0.25) is 0 Å². The highest BCUT2D eigenvalue weighted by Gasteiger charge is 2.23. The minimum Gasteiger partial charge on any atom is -0.485 e. The molecule has 194 valence electrons. The monoisotopic (exact) mass is 500 g/mol. The lowest BCUT2D eigenvalue weighted by molar-refractivity contribution is 0.188. The van der Waals surface area contributed by atoms with Crippen LogP contribution < -0.4 is 4.74 Å². The van der Waals surface area contributed by atoms with Crippen LogP contribution in [0.2, 0.25) is 18.1 Å². The molecule has 0 amide bonds. The van der Waals surface area contributed by atoms with Crippen LogP contribution in [0.4, 0.5) is 8.78 Å². The zero-order chi connectivity index (χ0) is 25.0. The van der Waals surface area contributed by atoms with Gasteiger partial charge in [-0.15, -0.1) is 0 Å². The Morgan fingerprint density at radius 1 is 0.829 bits per heavy atom. The second-order valence-corrected chi connectivity index (χ2v) is 14.2. The van der Waals surface area contributed by atoms with Crippen molar-refractivity contribution >= 4 is 8.80 Å². The Morgan fingerprint density at radius 3 is 2.06 bits per heavy atom. The van der Waals surface area contributed by atoms with Crippen LogP contribution >= 0.6 is 0 Å². The molecule has 35 heavy (non-hydrogen) atoms. The van der Waals surface area contributed by atoms with E-state index < -0.39 is 20.4 Å². The Bertz CT molecular complexity index is 851. The summed E-state index contributed by atoms with van der Waals surface area (Å²) < 4.78 is 35.3. The van der Waals surface area contributed by atoms with Crippen molar-refractivity contribution in [3.05, 3.63) is 53.6 Å². The molecular weight excluding hydrogens is 454 g/mol. The molecular formula is C31H46F2OSi. The van der Waals surface area contributed by atoms with Crippen LogP contribution in [0.15, 0.2) is 36.4 Å². The second kappa shape index (κ2) is 14.8. The minimum atomic E-state index is -0.617. The fraction of sp³-hybridized carbons (Fsp3) is 0.613. The number of benzene rings is 2. The maximum Gasteiger partial charge on any atom is 0.191 e. The molecule has 1 nitrogen and oxygen atoms in total. The Hall–Kier alpha value is -1.68. The molecule has 3 rings (SSSR count). The summed E-state index contributed by atoms with van der Waals surface area (Å²) in [5.41, 5.74) is 2.80. The fourth-order valence-corrected chi connectivity index (χ4v) is 9.03. The number of hydrogen-bond donors (Lipinski definition) is 0. The van der Waals surface area contributed by atoms with Gasteiger partial charge in [0.1, 0.15) is 0 Å². The van der Waals surface area contributed by atoms with Gasteiger partial charge < -0.3 is 4.74 Å². The third-order valence-corrected chi connectivity index (χ3v) is 11.3. The van der Waals surface area contributed by atoms with Crippen LogP contribution in [0, 0.1) is 11.6 Å². The molecule has 0 aliphatic carbocycles. The molecule has 0 bridgehead atoms. The average molecular weight is 501 g/mol. The van der Waals surface area contributed by atoms with E-state index in [4.69, 9.17) is 4.74 Å². The summed E-state index contributed by atoms with van der Waals surface area (Å²) in [6.45, 7) is 6.37. The van der Waals surface area contributed by atoms with Crippen LogP contribution in [0.3, 0.4) is 0 Å². The van der Waals surface area contributed by atoms with Crippen molar-refractivity contribution < 1.29 is 13.5 Å². The fourth-order valence-electron chi connectivity index (χ4n) is 5.55. The number of ether oxygens (including phenoxy) is 1. The molecule has 1 heterocycles. The van der Waals surface area contributed by atoms with E-state index in [1.54, 1.807) is 0 Å². The van der Waals surface area contributed by atoms with E-state index in [0.29, 0.717) is 11.5 Å². The van der Waals surface area contributed by atoms with Gasteiger partial charge in [-0.1, -0.05) is 101 Å². The molecule has 0 spiro atoms. The zero-order valence-corrected chi connectivity index (χ0v) is 23.4. The summed E-state index contributed by atoms with van der Waals surface area (Å²) in [5.74, 6) is -0.834. The van der Waals surface area contributed by atoms with Gasteiger partial charge in [0.25, 0.3) is 0 Å². The van der Waals surface area contributed by atoms with Gasteiger partial charge in [-0.3, -0.25) is 0 Å². The lowest BCUT2D eigenvalue weighted by Gasteiger charge is -2.28. The van der Waals surface area contributed by atoms with E-state index in [2.05, 4.69) is 26.0 Å². The molecule has 2 aromatic rings. The first-order valence-corrected chi connectivity index (χ1v) is 16.7. The first kappa shape index (κ1) is 27.9. The van der Waals surface area contributed by atoms with Gasteiger partial charge in [0.05, 0.1) is 6.10 Å². The second-order valence-electron chi connectivity index (χ2n) is 10.7. The van der Waals surface area contributed by atoms with Crippen LogP contribution in [-0.2, 0) is 0 Å². The molecule has 1 fully saturated rings. The van der Waals surface area contributed by atoms with E-state index in [9.17, 15) is 8.78 Å².